The first kappa shape index (κ1) is 11.6. The average Bonchev–Trinajstić information content (AvgIpc) is 2.82. The van der Waals surface area contributed by atoms with E-state index in [1.165, 1.54) is 0 Å². The molecule has 0 bridgehead atoms. The van der Waals surface area contributed by atoms with Crippen LogP contribution in [0, 0.1) is 0 Å². The Balaban J connectivity index is 1.71. The van der Waals surface area contributed by atoms with Gasteiger partial charge in [0, 0.05) is 24.5 Å². The van der Waals surface area contributed by atoms with E-state index in [0.29, 0.717) is 5.95 Å². The lowest BCUT2D eigenvalue weighted by Crippen LogP contribution is -2.44. The number of furan rings is 1. The summed E-state index contributed by atoms with van der Waals surface area (Å²) in [5, 5.41) is 1.07. The number of fused-ring (bicyclic) bond motifs is 1. The van der Waals surface area contributed by atoms with E-state index in [0.717, 1.165) is 37.3 Å². The first-order valence-electron chi connectivity index (χ1n) is 6.30. The Morgan fingerprint density at radius 2 is 2.00 bits per heavy atom. The number of hydrogen-bond donors (Lipinski definition) is 0. The van der Waals surface area contributed by atoms with Crippen molar-refractivity contribution in [1.82, 2.24) is 4.90 Å². The van der Waals surface area contributed by atoms with Gasteiger partial charge in [-0.25, -0.2) is 0 Å². The molecule has 1 aliphatic rings. The minimum atomic E-state index is 0.00876. The van der Waals surface area contributed by atoms with Gasteiger partial charge in [-0.3, -0.25) is 4.90 Å². The predicted molar refractivity (Wildman–Crippen MR) is 68.7 cm³/mol. The maximum Gasteiger partial charge on any atom is 0.287 e. The van der Waals surface area contributed by atoms with Gasteiger partial charge in [-0.1, -0.05) is 18.2 Å². The molecular formula is C14H17NO3. The minimum absolute atomic E-state index is 0.00876. The van der Waals surface area contributed by atoms with E-state index in [1.54, 1.807) is 0 Å². The summed E-state index contributed by atoms with van der Waals surface area (Å²) in [6.45, 7) is 5.39. The molecule has 0 amide bonds. The van der Waals surface area contributed by atoms with Crippen molar-refractivity contribution in [2.45, 2.75) is 13.2 Å². The first-order chi connectivity index (χ1) is 8.83. The summed E-state index contributed by atoms with van der Waals surface area (Å²) >= 11 is 0. The molecule has 4 nitrogen and oxygen atoms in total. The summed E-state index contributed by atoms with van der Waals surface area (Å²) in [7, 11) is 0. The molecular weight excluding hydrogens is 230 g/mol. The highest BCUT2D eigenvalue weighted by molar-refractivity contribution is 5.78. The highest BCUT2D eigenvalue weighted by atomic mass is 16.6. The predicted octanol–water partition coefficient (Wildman–Crippen LogP) is 2.49. The van der Waals surface area contributed by atoms with E-state index in [4.69, 9.17) is 13.9 Å². The zero-order chi connectivity index (χ0) is 12.4. The number of rotatable bonds is 3. The molecule has 1 aromatic carbocycles. The van der Waals surface area contributed by atoms with Crippen LogP contribution in [0.5, 0.6) is 5.95 Å². The maximum absolute atomic E-state index is 5.84. The second kappa shape index (κ2) is 5.00. The summed E-state index contributed by atoms with van der Waals surface area (Å²) in [6.07, 6.45) is 0.00876. The van der Waals surface area contributed by atoms with Crippen LogP contribution in [-0.2, 0) is 4.74 Å². The van der Waals surface area contributed by atoms with Crippen LogP contribution in [0.15, 0.2) is 34.7 Å². The topological polar surface area (TPSA) is 34.8 Å². The molecule has 3 rings (SSSR count). The van der Waals surface area contributed by atoms with Crippen molar-refractivity contribution >= 4 is 11.0 Å². The van der Waals surface area contributed by atoms with E-state index in [1.807, 2.05) is 37.3 Å². The first-order valence-corrected chi connectivity index (χ1v) is 6.30. The van der Waals surface area contributed by atoms with Crippen molar-refractivity contribution in [3.05, 3.63) is 30.3 Å². The maximum atomic E-state index is 5.84. The van der Waals surface area contributed by atoms with Gasteiger partial charge < -0.3 is 13.9 Å². The van der Waals surface area contributed by atoms with Gasteiger partial charge >= 0.3 is 0 Å². The van der Waals surface area contributed by atoms with E-state index >= 15 is 0 Å². The van der Waals surface area contributed by atoms with Crippen molar-refractivity contribution < 1.29 is 13.9 Å². The molecule has 0 N–H and O–H groups in total. The van der Waals surface area contributed by atoms with Gasteiger partial charge in [-0.05, 0) is 13.0 Å². The molecule has 1 unspecified atom stereocenters. The van der Waals surface area contributed by atoms with Crippen LogP contribution in [0.1, 0.15) is 6.92 Å². The van der Waals surface area contributed by atoms with Crippen LogP contribution >= 0.6 is 0 Å². The van der Waals surface area contributed by atoms with Gasteiger partial charge in [-0.2, -0.15) is 0 Å². The van der Waals surface area contributed by atoms with Crippen molar-refractivity contribution in [2.24, 2.45) is 0 Å². The molecule has 96 valence electrons. The summed E-state index contributed by atoms with van der Waals surface area (Å²) in [6, 6.07) is 9.85. The Hall–Kier alpha value is -1.52. The molecule has 0 radical (unpaired) electrons. The van der Waals surface area contributed by atoms with E-state index in [-0.39, 0.29) is 6.23 Å². The molecule has 0 spiro atoms. The number of benzene rings is 1. The SMILES string of the molecule is CC(Oc1cc2ccccc2o1)N1CCOCC1. The normalized spacial score (nSPS) is 18.9. The van der Waals surface area contributed by atoms with Crippen LogP contribution < -0.4 is 4.74 Å². The van der Waals surface area contributed by atoms with Crippen LogP contribution in [-0.4, -0.2) is 37.4 Å². The second-order valence-corrected chi connectivity index (χ2v) is 4.47. The number of hydrogen-bond acceptors (Lipinski definition) is 4. The molecule has 1 saturated heterocycles. The minimum Gasteiger partial charge on any atom is -0.446 e. The van der Waals surface area contributed by atoms with Gasteiger partial charge in [0.15, 0.2) is 6.23 Å². The fourth-order valence-corrected chi connectivity index (χ4v) is 2.20. The summed E-state index contributed by atoms with van der Waals surface area (Å²) in [4.78, 5) is 2.25. The zero-order valence-electron chi connectivity index (χ0n) is 10.5. The number of nitrogens with zero attached hydrogens (tertiary/aromatic N) is 1. The van der Waals surface area contributed by atoms with E-state index < -0.39 is 0 Å². The third-order valence-corrected chi connectivity index (χ3v) is 3.25. The van der Waals surface area contributed by atoms with Crippen molar-refractivity contribution in [3.63, 3.8) is 0 Å². The molecule has 1 aromatic heterocycles. The van der Waals surface area contributed by atoms with Gasteiger partial charge in [-0.15, -0.1) is 0 Å². The fraction of sp³-hybridized carbons (Fsp3) is 0.429. The quantitative estimate of drug-likeness (QED) is 0.834. The average molecular weight is 247 g/mol. The monoisotopic (exact) mass is 247 g/mol. The van der Waals surface area contributed by atoms with Gasteiger partial charge in [0.2, 0.25) is 0 Å². The molecule has 18 heavy (non-hydrogen) atoms. The molecule has 0 aliphatic carbocycles. The van der Waals surface area contributed by atoms with Gasteiger partial charge in [0.05, 0.1) is 13.2 Å². The van der Waals surface area contributed by atoms with Crippen LogP contribution in [0.25, 0.3) is 11.0 Å². The van der Waals surface area contributed by atoms with Gasteiger partial charge in [0.1, 0.15) is 5.58 Å². The van der Waals surface area contributed by atoms with E-state index in [2.05, 4.69) is 4.90 Å². The number of ether oxygens (including phenoxy) is 2. The molecule has 4 heteroatoms. The van der Waals surface area contributed by atoms with Crippen LogP contribution in [0.2, 0.25) is 0 Å². The molecule has 2 aromatic rings. The third-order valence-electron chi connectivity index (χ3n) is 3.25. The standard InChI is InChI=1S/C14H17NO3/c1-11(15-6-8-16-9-7-15)17-14-10-12-4-2-3-5-13(12)18-14/h2-5,10-11H,6-9H2,1H3. The van der Waals surface area contributed by atoms with E-state index in [9.17, 15) is 0 Å². The number of para-hydroxylation sites is 1. The lowest BCUT2D eigenvalue weighted by atomic mass is 10.3. The Bertz CT molecular complexity index is 483. The molecule has 0 saturated carbocycles. The Morgan fingerprint density at radius 1 is 1.22 bits per heavy atom. The van der Waals surface area contributed by atoms with Crippen LogP contribution in [0.4, 0.5) is 0 Å². The summed E-state index contributed by atoms with van der Waals surface area (Å²) in [5.74, 6) is 0.579. The third kappa shape index (κ3) is 2.35. The smallest absolute Gasteiger partial charge is 0.287 e. The van der Waals surface area contributed by atoms with Crippen molar-refractivity contribution in [3.8, 4) is 5.95 Å². The fourth-order valence-electron chi connectivity index (χ4n) is 2.20. The summed E-state index contributed by atoms with van der Waals surface area (Å²) < 4.78 is 16.8. The van der Waals surface area contributed by atoms with Crippen molar-refractivity contribution in [2.75, 3.05) is 26.3 Å². The Morgan fingerprint density at radius 3 is 2.78 bits per heavy atom. The zero-order valence-corrected chi connectivity index (χ0v) is 10.5. The largest absolute Gasteiger partial charge is 0.446 e. The molecule has 1 atom stereocenters. The van der Waals surface area contributed by atoms with Crippen molar-refractivity contribution in [1.29, 1.82) is 0 Å². The highest BCUT2D eigenvalue weighted by Crippen LogP contribution is 2.25. The van der Waals surface area contributed by atoms with Gasteiger partial charge in [0.25, 0.3) is 5.95 Å². The second-order valence-electron chi connectivity index (χ2n) is 4.47. The lowest BCUT2D eigenvalue weighted by molar-refractivity contribution is -0.0443. The number of morpholine rings is 1. The Kier molecular flexibility index (Phi) is 3.21. The molecule has 1 aliphatic heterocycles. The van der Waals surface area contributed by atoms with Crippen LogP contribution in [0.3, 0.4) is 0 Å². The highest BCUT2D eigenvalue weighted by Gasteiger charge is 2.19. The summed E-state index contributed by atoms with van der Waals surface area (Å²) in [5.41, 5.74) is 0.863. The lowest BCUT2D eigenvalue weighted by Gasteiger charge is -2.31. The molecule has 2 heterocycles. The Labute approximate surface area is 106 Å². The molecule has 1 fully saturated rings.